The Morgan fingerprint density at radius 3 is 3.06 bits per heavy atom. The summed E-state index contributed by atoms with van der Waals surface area (Å²) in [7, 11) is 1.91. The first-order valence-corrected chi connectivity index (χ1v) is 6.20. The molecule has 1 amide bonds. The van der Waals surface area contributed by atoms with Gasteiger partial charge in [-0.15, -0.1) is 0 Å². The third kappa shape index (κ3) is 1.66. The number of amides is 1. The standard InChI is InChI=1S/C13H16N4O/c1-9(18)17-7-5-10(8-17)12-11-4-3-6-14-13(11)16(2)15-12/h3-4,6,10H,5,7-8H2,1-2H3/t10-/m1/s1. The summed E-state index contributed by atoms with van der Waals surface area (Å²) in [4.78, 5) is 17.6. The molecule has 0 spiro atoms. The molecule has 0 N–H and O–H groups in total. The number of hydrogen-bond donors (Lipinski definition) is 0. The summed E-state index contributed by atoms with van der Waals surface area (Å²) in [6.07, 6.45) is 2.77. The van der Waals surface area contributed by atoms with Crippen LogP contribution < -0.4 is 0 Å². The van der Waals surface area contributed by atoms with Gasteiger partial charge in [-0.05, 0) is 18.6 Å². The van der Waals surface area contributed by atoms with Gasteiger partial charge in [-0.3, -0.25) is 9.48 Å². The third-order valence-electron chi connectivity index (χ3n) is 3.65. The van der Waals surface area contributed by atoms with Gasteiger partial charge in [0.1, 0.15) is 0 Å². The van der Waals surface area contributed by atoms with Crippen molar-refractivity contribution in [3.63, 3.8) is 0 Å². The zero-order valence-corrected chi connectivity index (χ0v) is 10.6. The van der Waals surface area contributed by atoms with Gasteiger partial charge in [0.15, 0.2) is 5.65 Å². The monoisotopic (exact) mass is 244 g/mol. The van der Waals surface area contributed by atoms with Crippen molar-refractivity contribution < 1.29 is 4.79 Å². The number of fused-ring (bicyclic) bond motifs is 1. The van der Waals surface area contributed by atoms with Gasteiger partial charge in [-0.25, -0.2) is 4.98 Å². The molecule has 1 atom stereocenters. The molecular formula is C13H16N4O. The van der Waals surface area contributed by atoms with Gasteiger partial charge < -0.3 is 4.90 Å². The maximum atomic E-state index is 11.4. The lowest BCUT2D eigenvalue weighted by atomic mass is 10.0. The molecule has 3 heterocycles. The number of aromatic nitrogens is 3. The molecule has 0 radical (unpaired) electrons. The fraction of sp³-hybridized carbons (Fsp3) is 0.462. The van der Waals surface area contributed by atoms with Crippen LogP contribution in [0.25, 0.3) is 11.0 Å². The van der Waals surface area contributed by atoms with Gasteiger partial charge in [-0.1, -0.05) is 0 Å². The van der Waals surface area contributed by atoms with Crippen molar-refractivity contribution in [1.82, 2.24) is 19.7 Å². The predicted molar refractivity (Wildman–Crippen MR) is 68.1 cm³/mol. The van der Waals surface area contributed by atoms with E-state index in [1.54, 1.807) is 13.1 Å². The van der Waals surface area contributed by atoms with Crippen LogP contribution in [0.4, 0.5) is 0 Å². The van der Waals surface area contributed by atoms with Crippen LogP contribution in [0.2, 0.25) is 0 Å². The molecule has 18 heavy (non-hydrogen) atoms. The highest BCUT2D eigenvalue weighted by molar-refractivity contribution is 5.79. The second kappa shape index (κ2) is 4.08. The van der Waals surface area contributed by atoms with Gasteiger partial charge in [-0.2, -0.15) is 5.10 Å². The Balaban J connectivity index is 1.98. The molecule has 2 aromatic heterocycles. The van der Waals surface area contributed by atoms with Crippen molar-refractivity contribution in [3.8, 4) is 0 Å². The molecule has 94 valence electrons. The normalized spacial score (nSPS) is 19.7. The Morgan fingerprint density at radius 2 is 2.33 bits per heavy atom. The number of pyridine rings is 1. The highest BCUT2D eigenvalue weighted by Gasteiger charge is 2.28. The molecule has 5 heteroatoms. The van der Waals surface area contributed by atoms with Crippen molar-refractivity contribution in [2.24, 2.45) is 7.05 Å². The van der Waals surface area contributed by atoms with E-state index < -0.39 is 0 Å². The van der Waals surface area contributed by atoms with Gasteiger partial charge in [0.2, 0.25) is 5.91 Å². The summed E-state index contributed by atoms with van der Waals surface area (Å²) in [5, 5.41) is 5.69. The zero-order valence-electron chi connectivity index (χ0n) is 10.6. The lowest BCUT2D eigenvalue weighted by Gasteiger charge is -2.12. The van der Waals surface area contributed by atoms with Gasteiger partial charge in [0.05, 0.1) is 5.69 Å². The van der Waals surface area contributed by atoms with E-state index in [1.807, 2.05) is 22.7 Å². The largest absolute Gasteiger partial charge is 0.342 e. The van der Waals surface area contributed by atoms with Crippen LogP contribution in [-0.4, -0.2) is 38.7 Å². The summed E-state index contributed by atoms with van der Waals surface area (Å²) >= 11 is 0. The van der Waals surface area contributed by atoms with E-state index in [2.05, 4.69) is 16.1 Å². The third-order valence-corrected chi connectivity index (χ3v) is 3.65. The summed E-state index contributed by atoms with van der Waals surface area (Å²) < 4.78 is 1.82. The molecule has 1 aliphatic heterocycles. The second-order valence-electron chi connectivity index (χ2n) is 4.83. The Bertz CT molecular complexity index is 604. The number of hydrogen-bond acceptors (Lipinski definition) is 3. The van der Waals surface area contributed by atoms with Crippen LogP contribution in [0.5, 0.6) is 0 Å². The highest BCUT2D eigenvalue weighted by atomic mass is 16.2. The molecule has 0 unspecified atom stereocenters. The maximum absolute atomic E-state index is 11.4. The van der Waals surface area contributed by atoms with Crippen LogP contribution >= 0.6 is 0 Å². The lowest BCUT2D eigenvalue weighted by molar-refractivity contribution is -0.127. The van der Waals surface area contributed by atoms with Crippen LogP contribution in [0.15, 0.2) is 18.3 Å². The first kappa shape index (κ1) is 11.2. The van der Waals surface area contributed by atoms with Crippen LogP contribution in [-0.2, 0) is 11.8 Å². The highest BCUT2D eigenvalue weighted by Crippen LogP contribution is 2.30. The molecule has 0 aromatic carbocycles. The number of aryl methyl sites for hydroxylation is 1. The minimum absolute atomic E-state index is 0.149. The lowest BCUT2D eigenvalue weighted by Crippen LogP contribution is -2.25. The minimum atomic E-state index is 0.149. The van der Waals surface area contributed by atoms with E-state index in [-0.39, 0.29) is 5.91 Å². The fourth-order valence-electron chi connectivity index (χ4n) is 2.69. The first-order chi connectivity index (χ1) is 8.66. The molecule has 5 nitrogen and oxygen atoms in total. The number of carbonyl (C=O) groups is 1. The van der Waals surface area contributed by atoms with E-state index >= 15 is 0 Å². The molecular weight excluding hydrogens is 228 g/mol. The summed E-state index contributed by atoms with van der Waals surface area (Å²) in [6.45, 7) is 3.23. The predicted octanol–water partition coefficient (Wildman–Crippen LogP) is 1.30. The van der Waals surface area contributed by atoms with E-state index in [1.165, 1.54) is 0 Å². The summed E-state index contributed by atoms with van der Waals surface area (Å²) in [6, 6.07) is 3.99. The van der Waals surface area contributed by atoms with Gasteiger partial charge in [0.25, 0.3) is 0 Å². The molecule has 0 aliphatic carbocycles. The van der Waals surface area contributed by atoms with E-state index in [9.17, 15) is 4.79 Å². The number of likely N-dealkylation sites (tertiary alicyclic amines) is 1. The molecule has 0 bridgehead atoms. The quantitative estimate of drug-likeness (QED) is 0.760. The molecule has 1 fully saturated rings. The van der Waals surface area contributed by atoms with Crippen molar-refractivity contribution in [1.29, 1.82) is 0 Å². The fourth-order valence-corrected chi connectivity index (χ4v) is 2.69. The molecule has 1 saturated heterocycles. The molecule has 0 saturated carbocycles. The van der Waals surface area contributed by atoms with Gasteiger partial charge >= 0.3 is 0 Å². The molecule has 2 aromatic rings. The average Bonchev–Trinajstić information content (AvgIpc) is 2.95. The number of nitrogens with zero attached hydrogens (tertiary/aromatic N) is 4. The number of rotatable bonds is 1. The van der Waals surface area contributed by atoms with Crippen LogP contribution in [0.1, 0.15) is 25.0 Å². The Kier molecular flexibility index (Phi) is 2.54. The van der Waals surface area contributed by atoms with E-state index in [0.29, 0.717) is 5.92 Å². The van der Waals surface area contributed by atoms with Crippen molar-refractivity contribution in [2.45, 2.75) is 19.3 Å². The van der Waals surface area contributed by atoms with Crippen molar-refractivity contribution >= 4 is 16.9 Å². The topological polar surface area (TPSA) is 51.0 Å². The van der Waals surface area contributed by atoms with Gasteiger partial charge in [0, 0.05) is 44.6 Å². The first-order valence-electron chi connectivity index (χ1n) is 6.20. The molecule has 3 rings (SSSR count). The maximum Gasteiger partial charge on any atom is 0.219 e. The zero-order chi connectivity index (χ0) is 12.7. The summed E-state index contributed by atoms with van der Waals surface area (Å²) in [5.74, 6) is 0.484. The van der Waals surface area contributed by atoms with Crippen molar-refractivity contribution in [3.05, 3.63) is 24.0 Å². The van der Waals surface area contributed by atoms with E-state index in [0.717, 1.165) is 36.2 Å². The number of carbonyl (C=O) groups excluding carboxylic acids is 1. The SMILES string of the molecule is CC(=O)N1CC[C@@H](c2nn(C)c3ncccc23)C1. The average molecular weight is 244 g/mol. The Labute approximate surface area is 105 Å². The van der Waals surface area contributed by atoms with Crippen LogP contribution in [0, 0.1) is 0 Å². The van der Waals surface area contributed by atoms with Crippen molar-refractivity contribution in [2.75, 3.05) is 13.1 Å². The van der Waals surface area contributed by atoms with Crippen LogP contribution in [0.3, 0.4) is 0 Å². The molecule has 1 aliphatic rings. The Hall–Kier alpha value is -1.91. The Morgan fingerprint density at radius 1 is 1.50 bits per heavy atom. The van der Waals surface area contributed by atoms with E-state index in [4.69, 9.17) is 0 Å². The minimum Gasteiger partial charge on any atom is -0.342 e. The second-order valence-corrected chi connectivity index (χ2v) is 4.83. The smallest absolute Gasteiger partial charge is 0.219 e. The summed E-state index contributed by atoms with van der Waals surface area (Å²) in [5.41, 5.74) is 1.98.